The summed E-state index contributed by atoms with van der Waals surface area (Å²) in [5.41, 5.74) is 3.36. The quantitative estimate of drug-likeness (QED) is 0.405. The molecule has 0 aliphatic carbocycles. The summed E-state index contributed by atoms with van der Waals surface area (Å²) in [6, 6.07) is 12.3. The van der Waals surface area contributed by atoms with Crippen LogP contribution in [-0.4, -0.2) is 32.2 Å². The predicted molar refractivity (Wildman–Crippen MR) is 113 cm³/mol. The molecule has 156 valence electrons. The molecule has 1 amide bonds. The number of hydrogen-bond donors (Lipinski definition) is 1. The molecule has 0 aliphatic rings. The van der Waals surface area contributed by atoms with Crippen LogP contribution in [0.1, 0.15) is 23.6 Å². The van der Waals surface area contributed by atoms with Gasteiger partial charge in [0.05, 0.1) is 13.7 Å². The highest BCUT2D eigenvalue weighted by atomic mass is 16.5. The van der Waals surface area contributed by atoms with Crippen molar-refractivity contribution in [2.24, 2.45) is 0 Å². The lowest BCUT2D eigenvalue weighted by Gasteiger charge is -2.12. The first-order valence-electron chi connectivity index (χ1n) is 9.34. The number of nitriles is 1. The maximum Gasteiger partial charge on any atom is 0.348 e. The van der Waals surface area contributed by atoms with E-state index in [4.69, 9.17) is 19.5 Å². The molecule has 0 saturated carbocycles. The minimum absolute atomic E-state index is 0.125. The van der Waals surface area contributed by atoms with Gasteiger partial charge in [-0.2, -0.15) is 5.26 Å². The van der Waals surface area contributed by atoms with Crippen molar-refractivity contribution in [1.29, 1.82) is 5.26 Å². The second-order valence-corrected chi connectivity index (χ2v) is 6.44. The molecule has 0 heterocycles. The van der Waals surface area contributed by atoms with E-state index in [1.165, 1.54) is 13.2 Å². The normalized spacial score (nSPS) is 10.7. The van der Waals surface area contributed by atoms with Crippen LogP contribution >= 0.6 is 0 Å². The van der Waals surface area contributed by atoms with Crippen LogP contribution in [-0.2, 0) is 14.3 Å². The van der Waals surface area contributed by atoms with Gasteiger partial charge in [-0.1, -0.05) is 12.1 Å². The zero-order chi connectivity index (χ0) is 22.1. The Labute approximate surface area is 175 Å². The third-order valence-corrected chi connectivity index (χ3v) is 4.26. The van der Waals surface area contributed by atoms with E-state index < -0.39 is 5.97 Å². The van der Waals surface area contributed by atoms with Gasteiger partial charge in [0.25, 0.3) is 5.91 Å². The Morgan fingerprint density at radius 2 is 1.87 bits per heavy atom. The van der Waals surface area contributed by atoms with E-state index in [1.807, 2.05) is 38.1 Å². The largest absolute Gasteiger partial charge is 0.493 e. The summed E-state index contributed by atoms with van der Waals surface area (Å²) in [4.78, 5) is 23.9. The summed E-state index contributed by atoms with van der Waals surface area (Å²) in [6.07, 6.45) is 1.40. The Bertz CT molecular complexity index is 1010. The van der Waals surface area contributed by atoms with Gasteiger partial charge in [0.1, 0.15) is 11.6 Å². The lowest BCUT2D eigenvalue weighted by Crippen LogP contribution is -2.20. The first kappa shape index (κ1) is 22.5. The SMILES string of the molecule is CCOC(=O)/C(C#N)=C/c1ccc(OCC(=O)Nc2ccc(C)c(C)c2)c(OC)c1. The van der Waals surface area contributed by atoms with Crippen LogP contribution < -0.4 is 14.8 Å². The maximum absolute atomic E-state index is 12.2. The molecule has 0 radical (unpaired) electrons. The van der Waals surface area contributed by atoms with E-state index >= 15 is 0 Å². The molecule has 0 fully saturated rings. The monoisotopic (exact) mass is 408 g/mol. The highest BCUT2D eigenvalue weighted by molar-refractivity contribution is 5.98. The number of aryl methyl sites for hydroxylation is 2. The molecule has 7 heteroatoms. The van der Waals surface area contributed by atoms with Crippen LogP contribution in [0.15, 0.2) is 42.0 Å². The van der Waals surface area contributed by atoms with Crippen LogP contribution in [0.5, 0.6) is 11.5 Å². The van der Waals surface area contributed by atoms with Crippen molar-refractivity contribution in [1.82, 2.24) is 0 Å². The molecule has 30 heavy (non-hydrogen) atoms. The summed E-state index contributed by atoms with van der Waals surface area (Å²) >= 11 is 0. The standard InChI is InChI=1S/C23H24N2O5/c1-5-29-23(27)18(13-24)11-17-7-9-20(21(12-17)28-4)30-14-22(26)25-19-8-6-15(2)16(3)10-19/h6-12H,5,14H2,1-4H3,(H,25,26)/b18-11+. The highest BCUT2D eigenvalue weighted by Crippen LogP contribution is 2.29. The zero-order valence-electron chi connectivity index (χ0n) is 17.4. The molecule has 0 atom stereocenters. The predicted octanol–water partition coefficient (Wildman–Crippen LogP) is 3.80. The van der Waals surface area contributed by atoms with Gasteiger partial charge in [-0.3, -0.25) is 4.79 Å². The average molecular weight is 408 g/mol. The lowest BCUT2D eigenvalue weighted by atomic mass is 10.1. The topological polar surface area (TPSA) is 97.7 Å². The Kier molecular flexibility index (Phi) is 8.00. The molecule has 7 nitrogen and oxygen atoms in total. The van der Waals surface area contributed by atoms with Crippen molar-refractivity contribution in [3.05, 3.63) is 58.7 Å². The fourth-order valence-electron chi connectivity index (χ4n) is 2.57. The van der Waals surface area contributed by atoms with Crippen LogP contribution in [0.4, 0.5) is 5.69 Å². The van der Waals surface area contributed by atoms with Crippen molar-refractivity contribution in [3.63, 3.8) is 0 Å². The van der Waals surface area contributed by atoms with Gasteiger partial charge in [0.2, 0.25) is 0 Å². The van der Waals surface area contributed by atoms with Crippen molar-refractivity contribution < 1.29 is 23.8 Å². The molecule has 0 spiro atoms. The second kappa shape index (κ2) is 10.7. The zero-order valence-corrected chi connectivity index (χ0v) is 17.4. The minimum atomic E-state index is -0.692. The van der Waals surface area contributed by atoms with Crippen molar-refractivity contribution in [2.75, 3.05) is 25.6 Å². The van der Waals surface area contributed by atoms with Gasteiger partial charge in [0, 0.05) is 5.69 Å². The Balaban J connectivity index is 2.07. The van der Waals surface area contributed by atoms with Gasteiger partial charge >= 0.3 is 5.97 Å². The average Bonchev–Trinajstić information content (AvgIpc) is 2.73. The fourth-order valence-corrected chi connectivity index (χ4v) is 2.57. The summed E-state index contributed by atoms with van der Waals surface area (Å²) in [7, 11) is 1.46. The number of nitrogens with zero attached hydrogens (tertiary/aromatic N) is 1. The first-order valence-corrected chi connectivity index (χ1v) is 9.34. The van der Waals surface area contributed by atoms with E-state index in [1.54, 1.807) is 25.1 Å². The number of carbonyl (C=O) groups excluding carboxylic acids is 2. The number of amides is 1. The molecule has 0 unspecified atom stereocenters. The second-order valence-electron chi connectivity index (χ2n) is 6.44. The van der Waals surface area contributed by atoms with Crippen molar-refractivity contribution >= 4 is 23.6 Å². The smallest absolute Gasteiger partial charge is 0.348 e. The lowest BCUT2D eigenvalue weighted by molar-refractivity contribution is -0.137. The first-order chi connectivity index (χ1) is 14.4. The summed E-state index contributed by atoms with van der Waals surface area (Å²) in [6.45, 7) is 5.62. The number of methoxy groups -OCH3 is 1. The number of anilines is 1. The number of esters is 1. The van der Waals surface area contributed by atoms with Crippen LogP contribution in [0, 0.1) is 25.2 Å². The number of benzene rings is 2. The summed E-state index contributed by atoms with van der Waals surface area (Å²) in [5.74, 6) is -0.274. The van der Waals surface area contributed by atoms with E-state index in [-0.39, 0.29) is 24.7 Å². The summed E-state index contributed by atoms with van der Waals surface area (Å²) in [5, 5.41) is 11.9. The third-order valence-electron chi connectivity index (χ3n) is 4.26. The fraction of sp³-hybridized carbons (Fsp3) is 0.261. The van der Waals surface area contributed by atoms with Gasteiger partial charge in [0.15, 0.2) is 18.1 Å². The molecule has 0 bridgehead atoms. The molecule has 1 N–H and O–H groups in total. The Hall–Kier alpha value is -3.79. The molecule has 0 aromatic heterocycles. The van der Waals surface area contributed by atoms with E-state index in [0.717, 1.165) is 11.1 Å². The molecule has 0 aliphatic heterocycles. The Morgan fingerprint density at radius 3 is 2.50 bits per heavy atom. The van der Waals surface area contributed by atoms with Gasteiger partial charge in [-0.15, -0.1) is 0 Å². The highest BCUT2D eigenvalue weighted by Gasteiger charge is 2.12. The van der Waals surface area contributed by atoms with E-state index in [2.05, 4.69) is 5.32 Å². The number of nitrogens with one attached hydrogen (secondary N) is 1. The van der Waals surface area contributed by atoms with Gasteiger partial charge < -0.3 is 19.5 Å². The van der Waals surface area contributed by atoms with Crippen LogP contribution in [0.3, 0.4) is 0 Å². The maximum atomic E-state index is 12.2. The van der Waals surface area contributed by atoms with Crippen LogP contribution in [0.2, 0.25) is 0 Å². The van der Waals surface area contributed by atoms with Crippen molar-refractivity contribution in [2.45, 2.75) is 20.8 Å². The Morgan fingerprint density at radius 1 is 1.10 bits per heavy atom. The minimum Gasteiger partial charge on any atom is -0.493 e. The molecule has 2 aromatic rings. The number of carbonyl (C=O) groups is 2. The van der Waals surface area contributed by atoms with Gasteiger partial charge in [-0.05, 0) is 67.8 Å². The summed E-state index contributed by atoms with van der Waals surface area (Å²) < 4.78 is 15.7. The molecule has 2 rings (SSSR count). The van der Waals surface area contributed by atoms with Crippen molar-refractivity contribution in [3.8, 4) is 17.6 Å². The third kappa shape index (κ3) is 6.11. The number of hydrogen-bond acceptors (Lipinski definition) is 6. The number of ether oxygens (including phenoxy) is 3. The molecular formula is C23H24N2O5. The van der Waals surface area contributed by atoms with Crippen LogP contribution in [0.25, 0.3) is 6.08 Å². The molecular weight excluding hydrogens is 384 g/mol. The van der Waals surface area contributed by atoms with Gasteiger partial charge in [-0.25, -0.2) is 4.79 Å². The number of rotatable bonds is 8. The van der Waals surface area contributed by atoms with E-state index in [9.17, 15) is 9.59 Å². The molecule has 0 saturated heterocycles. The molecule has 2 aromatic carbocycles. The van der Waals surface area contributed by atoms with E-state index in [0.29, 0.717) is 22.7 Å².